The SMILES string of the molecule is CC1CN(CC2CCSC2)CCC1N. The summed E-state index contributed by atoms with van der Waals surface area (Å²) >= 11 is 2.12. The van der Waals surface area contributed by atoms with Crippen LogP contribution >= 0.6 is 11.8 Å². The zero-order chi connectivity index (χ0) is 9.97. The summed E-state index contributed by atoms with van der Waals surface area (Å²) in [6, 6.07) is 0.448. The molecule has 0 saturated carbocycles. The third-order valence-corrected chi connectivity index (χ3v) is 4.83. The van der Waals surface area contributed by atoms with Crippen LogP contribution in [0, 0.1) is 11.8 Å². The van der Waals surface area contributed by atoms with E-state index in [2.05, 4.69) is 23.6 Å². The fourth-order valence-electron chi connectivity index (χ4n) is 2.51. The van der Waals surface area contributed by atoms with Gasteiger partial charge in [0.15, 0.2) is 0 Å². The Morgan fingerprint density at radius 3 is 2.93 bits per heavy atom. The van der Waals surface area contributed by atoms with Crippen molar-refractivity contribution in [2.75, 3.05) is 31.1 Å². The highest BCUT2D eigenvalue weighted by atomic mass is 32.2. The topological polar surface area (TPSA) is 29.3 Å². The summed E-state index contributed by atoms with van der Waals surface area (Å²) in [4.78, 5) is 2.63. The van der Waals surface area contributed by atoms with E-state index in [9.17, 15) is 0 Å². The van der Waals surface area contributed by atoms with Gasteiger partial charge in [0.1, 0.15) is 0 Å². The summed E-state index contributed by atoms with van der Waals surface area (Å²) in [5.74, 6) is 4.42. The first kappa shape index (κ1) is 10.8. The highest BCUT2D eigenvalue weighted by Crippen LogP contribution is 2.25. The fourth-order valence-corrected chi connectivity index (χ4v) is 3.78. The van der Waals surface area contributed by atoms with Crippen LogP contribution in [-0.2, 0) is 0 Å². The smallest absolute Gasteiger partial charge is 0.00889 e. The minimum atomic E-state index is 0.448. The van der Waals surface area contributed by atoms with Crippen LogP contribution in [0.25, 0.3) is 0 Å². The molecule has 2 heterocycles. The number of piperidine rings is 1. The molecule has 0 aromatic heterocycles. The molecule has 0 spiro atoms. The van der Waals surface area contributed by atoms with Crippen molar-refractivity contribution in [2.24, 2.45) is 17.6 Å². The van der Waals surface area contributed by atoms with Gasteiger partial charge in [-0.3, -0.25) is 0 Å². The number of thioether (sulfide) groups is 1. The van der Waals surface area contributed by atoms with Gasteiger partial charge in [0.05, 0.1) is 0 Å². The Balaban J connectivity index is 1.75. The van der Waals surface area contributed by atoms with E-state index >= 15 is 0 Å². The lowest BCUT2D eigenvalue weighted by Crippen LogP contribution is -2.47. The first-order chi connectivity index (χ1) is 6.75. The second kappa shape index (κ2) is 4.86. The molecule has 3 unspecified atom stereocenters. The Kier molecular flexibility index (Phi) is 3.74. The van der Waals surface area contributed by atoms with Gasteiger partial charge in [-0.15, -0.1) is 0 Å². The molecule has 2 saturated heterocycles. The average molecular weight is 214 g/mol. The molecule has 3 atom stereocenters. The van der Waals surface area contributed by atoms with Gasteiger partial charge in [0, 0.05) is 19.1 Å². The van der Waals surface area contributed by atoms with E-state index in [-0.39, 0.29) is 0 Å². The van der Waals surface area contributed by atoms with Crippen molar-refractivity contribution in [2.45, 2.75) is 25.8 Å². The van der Waals surface area contributed by atoms with Crippen LogP contribution in [0.15, 0.2) is 0 Å². The lowest BCUT2D eigenvalue weighted by atomic mass is 9.94. The number of nitrogens with two attached hydrogens (primary N) is 1. The van der Waals surface area contributed by atoms with Gasteiger partial charge in [-0.1, -0.05) is 6.92 Å². The van der Waals surface area contributed by atoms with Crippen LogP contribution in [0.3, 0.4) is 0 Å². The summed E-state index contributed by atoms with van der Waals surface area (Å²) in [5.41, 5.74) is 6.02. The summed E-state index contributed by atoms with van der Waals surface area (Å²) in [5, 5.41) is 0. The lowest BCUT2D eigenvalue weighted by Gasteiger charge is -2.36. The molecule has 0 bridgehead atoms. The van der Waals surface area contributed by atoms with E-state index in [0.29, 0.717) is 12.0 Å². The second-order valence-corrected chi connectivity index (χ2v) is 6.07. The van der Waals surface area contributed by atoms with Gasteiger partial charge in [0.2, 0.25) is 0 Å². The van der Waals surface area contributed by atoms with Crippen LogP contribution < -0.4 is 5.73 Å². The first-order valence-electron chi connectivity index (χ1n) is 5.81. The molecule has 2 N–H and O–H groups in total. The van der Waals surface area contributed by atoms with Crippen LogP contribution in [0.2, 0.25) is 0 Å². The molecule has 2 nitrogen and oxygen atoms in total. The van der Waals surface area contributed by atoms with E-state index in [1.54, 1.807) is 0 Å². The molecule has 0 aromatic carbocycles. The number of rotatable bonds is 2. The van der Waals surface area contributed by atoms with E-state index in [1.165, 1.54) is 44.0 Å². The van der Waals surface area contributed by atoms with Crippen molar-refractivity contribution in [1.29, 1.82) is 0 Å². The van der Waals surface area contributed by atoms with Crippen LogP contribution in [-0.4, -0.2) is 42.1 Å². The number of nitrogens with zero attached hydrogens (tertiary/aromatic N) is 1. The molecule has 14 heavy (non-hydrogen) atoms. The largest absolute Gasteiger partial charge is 0.327 e. The molecule has 2 aliphatic heterocycles. The predicted molar refractivity (Wildman–Crippen MR) is 63.6 cm³/mol. The lowest BCUT2D eigenvalue weighted by molar-refractivity contribution is 0.147. The van der Waals surface area contributed by atoms with Gasteiger partial charge >= 0.3 is 0 Å². The molecule has 82 valence electrons. The van der Waals surface area contributed by atoms with Gasteiger partial charge in [-0.05, 0) is 42.7 Å². The van der Waals surface area contributed by atoms with E-state index in [1.807, 2.05) is 0 Å². The summed E-state index contributed by atoms with van der Waals surface area (Å²) in [6.45, 7) is 6.07. The van der Waals surface area contributed by atoms with Crippen molar-refractivity contribution >= 4 is 11.8 Å². The minimum absolute atomic E-state index is 0.448. The third-order valence-electron chi connectivity index (χ3n) is 3.60. The minimum Gasteiger partial charge on any atom is -0.327 e. The highest BCUT2D eigenvalue weighted by molar-refractivity contribution is 7.99. The molecule has 0 amide bonds. The molecule has 0 aromatic rings. The van der Waals surface area contributed by atoms with E-state index in [4.69, 9.17) is 5.73 Å². The van der Waals surface area contributed by atoms with E-state index in [0.717, 1.165) is 5.92 Å². The predicted octanol–water partition coefficient (Wildman–Crippen LogP) is 1.41. The van der Waals surface area contributed by atoms with Crippen LogP contribution in [0.5, 0.6) is 0 Å². The average Bonchev–Trinajstić information content (AvgIpc) is 2.64. The quantitative estimate of drug-likeness (QED) is 0.753. The molecule has 0 radical (unpaired) electrons. The van der Waals surface area contributed by atoms with Gasteiger partial charge < -0.3 is 10.6 Å². The van der Waals surface area contributed by atoms with Gasteiger partial charge in [-0.25, -0.2) is 0 Å². The maximum Gasteiger partial charge on any atom is 0.00889 e. The Bertz CT molecular complexity index is 180. The molecule has 3 heteroatoms. The number of likely N-dealkylation sites (tertiary alicyclic amines) is 1. The van der Waals surface area contributed by atoms with Crippen molar-refractivity contribution < 1.29 is 0 Å². The second-order valence-electron chi connectivity index (χ2n) is 4.92. The fraction of sp³-hybridized carbons (Fsp3) is 1.00. The summed E-state index contributed by atoms with van der Waals surface area (Å²) < 4.78 is 0. The monoisotopic (exact) mass is 214 g/mol. The highest BCUT2D eigenvalue weighted by Gasteiger charge is 2.25. The Morgan fingerprint density at radius 1 is 1.43 bits per heavy atom. The summed E-state index contributed by atoms with van der Waals surface area (Å²) in [7, 11) is 0. The van der Waals surface area contributed by atoms with Crippen molar-refractivity contribution in [3.8, 4) is 0 Å². The Hall–Kier alpha value is 0.270. The van der Waals surface area contributed by atoms with Crippen molar-refractivity contribution in [3.05, 3.63) is 0 Å². The standard InChI is InChI=1S/C11H22N2S/c1-9-6-13(4-2-11(9)12)7-10-3-5-14-8-10/h9-11H,2-8,12H2,1H3. The molecule has 2 fully saturated rings. The maximum absolute atomic E-state index is 6.02. The Labute approximate surface area is 91.6 Å². The third kappa shape index (κ3) is 2.65. The molecule has 0 aliphatic carbocycles. The molecular weight excluding hydrogens is 192 g/mol. The molecule has 2 rings (SSSR count). The molecule has 2 aliphatic rings. The van der Waals surface area contributed by atoms with E-state index < -0.39 is 0 Å². The number of hydrogen-bond donors (Lipinski definition) is 1. The normalized spacial score (nSPS) is 40.3. The Morgan fingerprint density at radius 2 is 2.29 bits per heavy atom. The maximum atomic E-state index is 6.02. The number of hydrogen-bond acceptors (Lipinski definition) is 3. The van der Waals surface area contributed by atoms with Crippen molar-refractivity contribution in [1.82, 2.24) is 4.90 Å². The molecular formula is C11H22N2S. The van der Waals surface area contributed by atoms with Gasteiger partial charge in [0.25, 0.3) is 0 Å². The van der Waals surface area contributed by atoms with Crippen molar-refractivity contribution in [3.63, 3.8) is 0 Å². The van der Waals surface area contributed by atoms with Crippen LogP contribution in [0.1, 0.15) is 19.8 Å². The zero-order valence-corrected chi connectivity index (χ0v) is 9.93. The first-order valence-corrected chi connectivity index (χ1v) is 6.97. The van der Waals surface area contributed by atoms with Crippen LogP contribution in [0.4, 0.5) is 0 Å². The summed E-state index contributed by atoms with van der Waals surface area (Å²) in [6.07, 6.45) is 2.63. The zero-order valence-electron chi connectivity index (χ0n) is 9.11. The van der Waals surface area contributed by atoms with Gasteiger partial charge in [-0.2, -0.15) is 11.8 Å².